The second-order valence-corrected chi connectivity index (χ2v) is 4.35. The molecule has 1 aliphatic rings. The summed E-state index contributed by atoms with van der Waals surface area (Å²) in [6.07, 6.45) is -2.26. The number of ether oxygens (including phenoxy) is 2. The molecule has 0 bridgehead atoms. The van der Waals surface area contributed by atoms with Gasteiger partial charge in [-0.15, -0.1) is 0 Å². The average molecular weight is 297 g/mol. The molecule has 0 unspecified atom stereocenters. The van der Waals surface area contributed by atoms with E-state index in [0.29, 0.717) is 0 Å². The summed E-state index contributed by atoms with van der Waals surface area (Å²) in [4.78, 5) is 26.6. The van der Waals surface area contributed by atoms with Crippen molar-refractivity contribution in [3.63, 3.8) is 0 Å². The van der Waals surface area contributed by atoms with Crippen LogP contribution in [0.4, 0.5) is 10.6 Å². The summed E-state index contributed by atoms with van der Waals surface area (Å²) in [7, 11) is 1.18. The highest BCUT2D eigenvalue weighted by atomic mass is 16.5. The molecular formula is C12H15N3O6. The molecule has 9 heteroatoms. The van der Waals surface area contributed by atoms with Gasteiger partial charge in [-0.3, -0.25) is 9.88 Å². The van der Waals surface area contributed by atoms with Gasteiger partial charge in [0.2, 0.25) is 0 Å². The first-order chi connectivity index (χ1) is 9.97. The highest BCUT2D eigenvalue weighted by Gasteiger charge is 2.38. The van der Waals surface area contributed by atoms with Crippen LogP contribution >= 0.6 is 0 Å². The highest BCUT2D eigenvalue weighted by molar-refractivity contribution is 5.82. The third-order valence-electron chi connectivity index (χ3n) is 3.03. The van der Waals surface area contributed by atoms with Crippen molar-refractivity contribution in [1.82, 2.24) is 9.55 Å². The summed E-state index contributed by atoms with van der Waals surface area (Å²) in [6.45, 7) is 3.25. The minimum absolute atomic E-state index is 0.0194. The number of nitrogens with zero attached hydrogens (tertiary/aromatic N) is 2. The third kappa shape index (κ3) is 2.94. The summed E-state index contributed by atoms with van der Waals surface area (Å²) in [5.41, 5.74) is -0.465. The Morgan fingerprint density at radius 3 is 2.90 bits per heavy atom. The van der Waals surface area contributed by atoms with Gasteiger partial charge < -0.3 is 19.7 Å². The predicted octanol–water partition coefficient (Wildman–Crippen LogP) is -0.772. The van der Waals surface area contributed by atoms with E-state index in [9.17, 15) is 14.7 Å². The van der Waals surface area contributed by atoms with Gasteiger partial charge in [0, 0.05) is 11.8 Å². The van der Waals surface area contributed by atoms with Crippen LogP contribution in [0.2, 0.25) is 0 Å². The van der Waals surface area contributed by atoms with Crippen LogP contribution in [-0.4, -0.2) is 51.8 Å². The van der Waals surface area contributed by atoms with Gasteiger partial charge in [-0.2, -0.15) is 4.98 Å². The van der Waals surface area contributed by atoms with Crippen LogP contribution in [0.3, 0.4) is 0 Å². The zero-order chi connectivity index (χ0) is 15.6. The largest absolute Gasteiger partial charge is 0.453 e. The van der Waals surface area contributed by atoms with E-state index in [0.717, 1.165) is 4.57 Å². The van der Waals surface area contributed by atoms with Crippen molar-refractivity contribution < 1.29 is 24.5 Å². The maximum Gasteiger partial charge on any atom is 0.412 e. The minimum Gasteiger partial charge on any atom is -0.453 e. The first kappa shape index (κ1) is 15.2. The molecule has 1 saturated heterocycles. The fourth-order valence-electron chi connectivity index (χ4n) is 1.92. The van der Waals surface area contributed by atoms with Crippen molar-refractivity contribution in [2.24, 2.45) is 0 Å². The molecule has 2 rings (SSSR count). The lowest BCUT2D eigenvalue weighted by Gasteiger charge is -2.15. The van der Waals surface area contributed by atoms with Crippen molar-refractivity contribution >= 4 is 11.9 Å². The summed E-state index contributed by atoms with van der Waals surface area (Å²) in [5, 5.41) is 21.1. The zero-order valence-electron chi connectivity index (χ0n) is 11.2. The Kier molecular flexibility index (Phi) is 4.36. The molecule has 2 heterocycles. The number of hydrogen-bond acceptors (Lipinski definition) is 7. The summed E-state index contributed by atoms with van der Waals surface area (Å²) >= 11 is 0. The van der Waals surface area contributed by atoms with Gasteiger partial charge >= 0.3 is 11.8 Å². The van der Waals surface area contributed by atoms with Gasteiger partial charge in [0.25, 0.3) is 0 Å². The Labute approximate surface area is 119 Å². The second kappa shape index (κ2) is 6.04. The molecule has 0 aromatic carbocycles. The molecule has 1 aromatic rings. The molecule has 0 aliphatic carbocycles. The van der Waals surface area contributed by atoms with Crippen LogP contribution in [0.25, 0.3) is 0 Å². The number of hydrogen-bond donors (Lipinski definition) is 3. The van der Waals surface area contributed by atoms with Gasteiger partial charge in [0.05, 0.1) is 13.7 Å². The lowest BCUT2D eigenvalue weighted by atomic mass is 10.1. The number of aliphatic hydroxyl groups excluding tert-OH is 2. The van der Waals surface area contributed by atoms with E-state index in [2.05, 4.69) is 21.6 Å². The molecule has 0 radical (unpaired) electrons. The third-order valence-corrected chi connectivity index (χ3v) is 3.03. The number of amides is 1. The van der Waals surface area contributed by atoms with E-state index in [4.69, 9.17) is 9.84 Å². The van der Waals surface area contributed by atoms with Crippen molar-refractivity contribution in [1.29, 1.82) is 0 Å². The van der Waals surface area contributed by atoms with Crippen molar-refractivity contribution in [2.45, 2.75) is 18.4 Å². The lowest BCUT2D eigenvalue weighted by Crippen LogP contribution is -2.29. The lowest BCUT2D eigenvalue weighted by molar-refractivity contribution is -0.0447. The first-order valence-electron chi connectivity index (χ1n) is 6.05. The van der Waals surface area contributed by atoms with Gasteiger partial charge in [-0.25, -0.2) is 9.59 Å². The number of aliphatic hydroxyl groups is 2. The van der Waals surface area contributed by atoms with Crippen LogP contribution in [0, 0.1) is 0 Å². The van der Waals surface area contributed by atoms with Gasteiger partial charge in [0.15, 0.2) is 6.23 Å². The fourth-order valence-corrected chi connectivity index (χ4v) is 1.92. The minimum atomic E-state index is -1.07. The normalized spacial score (nSPS) is 24.9. The summed E-state index contributed by atoms with van der Waals surface area (Å²) < 4.78 is 10.8. The number of carbonyl (C=O) groups excluding carboxylic acids is 1. The van der Waals surface area contributed by atoms with Gasteiger partial charge in [-0.05, 0) is 6.07 Å². The molecule has 114 valence electrons. The number of nitrogens with one attached hydrogen (secondary N) is 1. The van der Waals surface area contributed by atoms with Crippen molar-refractivity contribution in [3.8, 4) is 0 Å². The van der Waals surface area contributed by atoms with E-state index in [1.165, 1.54) is 19.4 Å². The highest BCUT2D eigenvalue weighted by Crippen LogP contribution is 2.31. The number of anilines is 1. The smallest absolute Gasteiger partial charge is 0.412 e. The molecule has 0 saturated carbocycles. The Morgan fingerprint density at radius 1 is 1.67 bits per heavy atom. The van der Waals surface area contributed by atoms with Crippen LogP contribution in [0.1, 0.15) is 6.23 Å². The first-order valence-corrected chi connectivity index (χ1v) is 6.05. The van der Waals surface area contributed by atoms with Gasteiger partial charge in [0.1, 0.15) is 18.0 Å². The summed E-state index contributed by atoms with van der Waals surface area (Å²) in [6, 6.07) is 1.37. The number of rotatable bonds is 3. The molecule has 1 amide bonds. The Morgan fingerprint density at radius 2 is 2.38 bits per heavy atom. The van der Waals surface area contributed by atoms with E-state index in [1.807, 2.05) is 0 Å². The molecule has 9 nitrogen and oxygen atoms in total. The predicted molar refractivity (Wildman–Crippen MR) is 70.7 cm³/mol. The molecule has 3 N–H and O–H groups in total. The van der Waals surface area contributed by atoms with Crippen molar-refractivity contribution in [2.75, 3.05) is 19.0 Å². The molecule has 21 heavy (non-hydrogen) atoms. The van der Waals surface area contributed by atoms with Crippen LogP contribution in [0.5, 0.6) is 0 Å². The van der Waals surface area contributed by atoms with E-state index in [-0.39, 0.29) is 11.4 Å². The average Bonchev–Trinajstić information content (AvgIpc) is 2.75. The van der Waals surface area contributed by atoms with Crippen molar-refractivity contribution in [3.05, 3.63) is 34.9 Å². The monoisotopic (exact) mass is 297 g/mol. The molecule has 0 spiro atoms. The molecule has 1 fully saturated rings. The van der Waals surface area contributed by atoms with Gasteiger partial charge in [-0.1, -0.05) is 6.58 Å². The number of methoxy groups -OCH3 is 1. The standard InChI is InChI=1S/C12H15N3O6/c1-6-9(17)7(5-16)21-10(6)15-4-3-8(13-11(15)18)14-12(19)20-2/h3-4,7,9-10,16-17H,1,5H2,2H3,(H,13,14,18,19)/t7-,9+,10-/m1/s1. The Bertz CT molecular complexity index is 613. The Hall–Kier alpha value is -2.23. The summed E-state index contributed by atoms with van der Waals surface area (Å²) in [5.74, 6) is 0.0194. The molecule has 3 atom stereocenters. The quantitative estimate of drug-likeness (QED) is 0.626. The second-order valence-electron chi connectivity index (χ2n) is 4.35. The van der Waals surface area contributed by atoms with Crippen LogP contribution in [0.15, 0.2) is 29.2 Å². The van der Waals surface area contributed by atoms with Crippen LogP contribution in [-0.2, 0) is 9.47 Å². The SMILES string of the molecule is C=C1[C@H](n2ccc(NC(=O)OC)nc2=O)O[C@H](CO)[C@H]1O. The maximum absolute atomic E-state index is 11.9. The van der Waals surface area contributed by atoms with E-state index >= 15 is 0 Å². The number of carbonyl (C=O) groups is 1. The topological polar surface area (TPSA) is 123 Å². The number of aromatic nitrogens is 2. The molecule has 1 aliphatic heterocycles. The molecule has 1 aromatic heterocycles. The molecular weight excluding hydrogens is 282 g/mol. The fraction of sp³-hybridized carbons (Fsp3) is 0.417. The van der Waals surface area contributed by atoms with Crippen LogP contribution < -0.4 is 11.0 Å². The van der Waals surface area contributed by atoms with E-state index < -0.39 is 36.8 Å². The Balaban J connectivity index is 2.24. The maximum atomic E-state index is 11.9. The van der Waals surface area contributed by atoms with E-state index in [1.54, 1.807) is 0 Å². The zero-order valence-corrected chi connectivity index (χ0v) is 11.2.